The third kappa shape index (κ3) is 2.20. The van der Waals surface area contributed by atoms with Crippen molar-refractivity contribution < 1.29 is 4.79 Å². The first-order chi connectivity index (χ1) is 9.58. The molecule has 0 radical (unpaired) electrons. The van der Waals surface area contributed by atoms with Crippen LogP contribution in [0.5, 0.6) is 0 Å². The highest BCUT2D eigenvalue weighted by Gasteiger charge is 2.33. The minimum Gasteiger partial charge on any atom is -0.333 e. The Hall–Kier alpha value is -2.16. The van der Waals surface area contributed by atoms with Crippen LogP contribution in [0, 0.1) is 0 Å². The zero-order valence-corrected chi connectivity index (χ0v) is 11.8. The average Bonchev–Trinajstić information content (AvgIpc) is 2.47. The predicted molar refractivity (Wildman–Crippen MR) is 78.4 cm³/mol. The fraction of sp³-hybridized carbons (Fsp3) is 0.294. The highest BCUT2D eigenvalue weighted by molar-refractivity contribution is 5.94. The van der Waals surface area contributed by atoms with Crippen LogP contribution in [0.25, 0.3) is 0 Å². The number of hydrogen-bond donors (Lipinski definition) is 0. The van der Waals surface area contributed by atoms with Gasteiger partial charge in [0.2, 0.25) is 0 Å². The maximum absolute atomic E-state index is 12.6. The van der Waals surface area contributed by atoms with Gasteiger partial charge in [0.1, 0.15) is 0 Å². The number of carbonyl (C=O) groups excluding carboxylic acids is 1. The Kier molecular flexibility index (Phi) is 3.05. The molecule has 2 aromatic rings. The maximum Gasteiger partial charge on any atom is 0.254 e. The van der Waals surface area contributed by atoms with Crippen molar-refractivity contribution >= 4 is 5.91 Å². The lowest BCUT2D eigenvalue weighted by molar-refractivity contribution is 0.0686. The number of amides is 1. The van der Waals surface area contributed by atoms with E-state index in [1.54, 1.807) is 24.5 Å². The van der Waals surface area contributed by atoms with Crippen LogP contribution in [0.2, 0.25) is 0 Å². The van der Waals surface area contributed by atoms with Gasteiger partial charge in [-0.1, -0.05) is 38.1 Å². The summed E-state index contributed by atoms with van der Waals surface area (Å²) in [4.78, 5) is 18.5. The molecule has 0 bridgehead atoms. The van der Waals surface area contributed by atoms with Crippen LogP contribution < -0.4 is 0 Å². The zero-order chi connectivity index (χ0) is 14.2. The highest BCUT2D eigenvalue weighted by atomic mass is 16.2. The Morgan fingerprint density at radius 1 is 1.15 bits per heavy atom. The number of pyridine rings is 1. The Bertz CT molecular complexity index is 634. The molecule has 3 rings (SSSR count). The second-order valence-corrected chi connectivity index (χ2v) is 5.94. The lowest BCUT2D eigenvalue weighted by atomic mass is 9.78. The smallest absolute Gasteiger partial charge is 0.254 e. The van der Waals surface area contributed by atoms with E-state index in [1.807, 2.05) is 11.0 Å². The van der Waals surface area contributed by atoms with E-state index in [-0.39, 0.29) is 11.3 Å². The summed E-state index contributed by atoms with van der Waals surface area (Å²) in [7, 11) is 0. The van der Waals surface area contributed by atoms with Gasteiger partial charge in [0.25, 0.3) is 5.91 Å². The van der Waals surface area contributed by atoms with Gasteiger partial charge in [0, 0.05) is 36.5 Å². The number of fused-ring (bicyclic) bond motifs is 1. The van der Waals surface area contributed by atoms with Crippen molar-refractivity contribution in [2.45, 2.75) is 25.8 Å². The normalized spacial score (nSPS) is 16.6. The van der Waals surface area contributed by atoms with Crippen molar-refractivity contribution in [2.75, 3.05) is 6.54 Å². The third-order valence-electron chi connectivity index (χ3n) is 3.91. The fourth-order valence-corrected chi connectivity index (χ4v) is 2.96. The van der Waals surface area contributed by atoms with Crippen molar-refractivity contribution in [1.82, 2.24) is 9.88 Å². The molecule has 2 heterocycles. The first-order valence-corrected chi connectivity index (χ1v) is 6.86. The minimum atomic E-state index is -0.0163. The number of benzene rings is 1. The summed E-state index contributed by atoms with van der Waals surface area (Å²) in [5, 5.41) is 0. The predicted octanol–water partition coefficient (Wildman–Crippen LogP) is 3.02. The Labute approximate surface area is 119 Å². The largest absolute Gasteiger partial charge is 0.333 e. The molecule has 1 aromatic carbocycles. The maximum atomic E-state index is 12.6. The number of rotatable bonds is 1. The molecule has 3 nitrogen and oxygen atoms in total. The summed E-state index contributed by atoms with van der Waals surface area (Å²) in [5.74, 6) is 0.0787. The lowest BCUT2D eigenvalue weighted by Crippen LogP contribution is -2.45. The van der Waals surface area contributed by atoms with Crippen LogP contribution in [-0.2, 0) is 12.0 Å². The summed E-state index contributed by atoms with van der Waals surface area (Å²) in [6.45, 7) is 5.81. The zero-order valence-electron chi connectivity index (χ0n) is 11.8. The third-order valence-corrected chi connectivity index (χ3v) is 3.91. The molecule has 0 atom stereocenters. The molecule has 20 heavy (non-hydrogen) atoms. The van der Waals surface area contributed by atoms with Gasteiger partial charge in [-0.2, -0.15) is 0 Å². The van der Waals surface area contributed by atoms with E-state index in [0.29, 0.717) is 12.1 Å². The molecular weight excluding hydrogens is 248 g/mol. The first kappa shape index (κ1) is 12.9. The van der Waals surface area contributed by atoms with E-state index in [9.17, 15) is 4.79 Å². The lowest BCUT2D eigenvalue weighted by Gasteiger charge is -2.40. The van der Waals surface area contributed by atoms with Crippen molar-refractivity contribution in [3.63, 3.8) is 0 Å². The SMILES string of the molecule is CC1(C)CN(C(=O)c2ccncc2)Cc2ccccc21. The molecular formula is C17H18N2O. The molecule has 1 aromatic heterocycles. The first-order valence-electron chi connectivity index (χ1n) is 6.86. The van der Waals surface area contributed by atoms with Crippen molar-refractivity contribution in [3.05, 3.63) is 65.5 Å². The van der Waals surface area contributed by atoms with Gasteiger partial charge in [-0.3, -0.25) is 9.78 Å². The number of hydrogen-bond acceptors (Lipinski definition) is 2. The van der Waals surface area contributed by atoms with Gasteiger partial charge in [-0.05, 0) is 23.3 Å². The Morgan fingerprint density at radius 2 is 1.85 bits per heavy atom. The van der Waals surface area contributed by atoms with Crippen molar-refractivity contribution in [2.24, 2.45) is 0 Å². The molecule has 0 aliphatic carbocycles. The minimum absolute atomic E-state index is 0.0163. The highest BCUT2D eigenvalue weighted by Crippen LogP contribution is 2.33. The van der Waals surface area contributed by atoms with E-state index >= 15 is 0 Å². The van der Waals surface area contributed by atoms with Crippen molar-refractivity contribution in [1.29, 1.82) is 0 Å². The van der Waals surface area contributed by atoms with Gasteiger partial charge in [0.05, 0.1) is 0 Å². The molecule has 1 aliphatic heterocycles. The monoisotopic (exact) mass is 266 g/mol. The standard InChI is InChI=1S/C17H18N2O/c1-17(2)12-19(11-14-5-3-4-6-15(14)17)16(20)13-7-9-18-10-8-13/h3-10H,11-12H2,1-2H3. The van der Waals surface area contributed by atoms with E-state index in [1.165, 1.54) is 11.1 Å². The Balaban J connectivity index is 1.94. The van der Waals surface area contributed by atoms with Crippen LogP contribution in [0.15, 0.2) is 48.8 Å². The number of nitrogens with zero attached hydrogens (tertiary/aromatic N) is 2. The summed E-state index contributed by atoms with van der Waals surface area (Å²) in [6, 6.07) is 11.9. The second kappa shape index (κ2) is 4.75. The van der Waals surface area contributed by atoms with Gasteiger partial charge in [-0.25, -0.2) is 0 Å². The van der Waals surface area contributed by atoms with Gasteiger partial charge >= 0.3 is 0 Å². The molecule has 3 heteroatoms. The van der Waals surface area contributed by atoms with E-state index in [2.05, 4.69) is 37.0 Å². The van der Waals surface area contributed by atoms with Gasteiger partial charge in [0.15, 0.2) is 0 Å². The van der Waals surface area contributed by atoms with Crippen molar-refractivity contribution in [3.8, 4) is 0 Å². The quantitative estimate of drug-likeness (QED) is 0.795. The molecule has 102 valence electrons. The van der Waals surface area contributed by atoms with Crippen LogP contribution in [0.3, 0.4) is 0 Å². The summed E-state index contributed by atoms with van der Waals surface area (Å²) < 4.78 is 0. The molecule has 0 spiro atoms. The molecule has 0 unspecified atom stereocenters. The van der Waals surface area contributed by atoms with E-state index in [4.69, 9.17) is 0 Å². The number of aromatic nitrogens is 1. The average molecular weight is 266 g/mol. The molecule has 1 aliphatic rings. The number of carbonyl (C=O) groups is 1. The summed E-state index contributed by atoms with van der Waals surface area (Å²) >= 11 is 0. The fourth-order valence-electron chi connectivity index (χ4n) is 2.96. The Morgan fingerprint density at radius 3 is 2.60 bits per heavy atom. The molecule has 0 saturated carbocycles. The van der Waals surface area contributed by atoms with Crippen LogP contribution in [-0.4, -0.2) is 22.3 Å². The second-order valence-electron chi connectivity index (χ2n) is 5.94. The molecule has 0 fully saturated rings. The van der Waals surface area contributed by atoms with Gasteiger partial charge < -0.3 is 4.90 Å². The van der Waals surface area contributed by atoms with E-state index < -0.39 is 0 Å². The van der Waals surface area contributed by atoms with Crippen LogP contribution >= 0.6 is 0 Å². The topological polar surface area (TPSA) is 33.2 Å². The summed E-state index contributed by atoms with van der Waals surface area (Å²) in [6.07, 6.45) is 3.33. The van der Waals surface area contributed by atoms with Crippen LogP contribution in [0.1, 0.15) is 35.3 Å². The van der Waals surface area contributed by atoms with Crippen LogP contribution in [0.4, 0.5) is 0 Å². The molecule has 0 saturated heterocycles. The molecule has 0 N–H and O–H groups in total. The van der Waals surface area contributed by atoms with Gasteiger partial charge in [-0.15, -0.1) is 0 Å². The van der Waals surface area contributed by atoms with E-state index in [0.717, 1.165) is 6.54 Å². The molecule has 1 amide bonds. The summed E-state index contributed by atoms with van der Waals surface area (Å²) in [5.41, 5.74) is 3.28.